The third-order valence-electron chi connectivity index (χ3n) is 1.97. The van der Waals surface area contributed by atoms with Gasteiger partial charge in [0.2, 0.25) is 0 Å². The van der Waals surface area contributed by atoms with E-state index in [0.29, 0.717) is 6.04 Å². The van der Waals surface area contributed by atoms with Gasteiger partial charge in [-0.1, -0.05) is 0 Å². The van der Waals surface area contributed by atoms with E-state index >= 15 is 0 Å². The highest BCUT2D eigenvalue weighted by Gasteiger charge is 2.12. The van der Waals surface area contributed by atoms with E-state index in [9.17, 15) is 4.79 Å². The van der Waals surface area contributed by atoms with Crippen LogP contribution in [0, 0.1) is 0 Å². The highest BCUT2D eigenvalue weighted by Crippen LogP contribution is 1.99. The molecule has 1 heterocycles. The maximum Gasteiger partial charge on any atom is 0.257 e. The summed E-state index contributed by atoms with van der Waals surface area (Å²) < 4.78 is 0. The molecule has 0 spiro atoms. The van der Waals surface area contributed by atoms with E-state index in [-0.39, 0.29) is 12.5 Å². The molecule has 70 valence electrons. The standard InChI is InChI=1S/C7H15N3O2/c11-7(10-12)5-9-6-2-1-3-8-4-6/h6,8-9,12H,1-5H2,(H,10,11). The lowest BCUT2D eigenvalue weighted by Crippen LogP contribution is -2.46. The highest BCUT2D eigenvalue weighted by molar-refractivity contribution is 5.76. The average Bonchev–Trinajstić information content (AvgIpc) is 2.16. The molecule has 0 radical (unpaired) electrons. The second kappa shape index (κ2) is 5.08. The normalized spacial score (nSPS) is 23.6. The Kier molecular flexibility index (Phi) is 3.99. The zero-order valence-corrected chi connectivity index (χ0v) is 6.97. The van der Waals surface area contributed by atoms with Crippen LogP contribution in [-0.4, -0.2) is 36.8 Å². The minimum atomic E-state index is -0.388. The molecule has 4 N–H and O–H groups in total. The van der Waals surface area contributed by atoms with Gasteiger partial charge in [-0.2, -0.15) is 0 Å². The molecular formula is C7H15N3O2. The summed E-state index contributed by atoms with van der Waals surface area (Å²) in [4.78, 5) is 10.6. The van der Waals surface area contributed by atoms with Crippen molar-refractivity contribution in [2.45, 2.75) is 18.9 Å². The van der Waals surface area contributed by atoms with Crippen molar-refractivity contribution in [1.29, 1.82) is 0 Å². The molecule has 1 unspecified atom stereocenters. The van der Waals surface area contributed by atoms with Crippen LogP contribution in [0.3, 0.4) is 0 Å². The van der Waals surface area contributed by atoms with Crippen molar-refractivity contribution in [3.63, 3.8) is 0 Å². The molecule has 1 rings (SSSR count). The van der Waals surface area contributed by atoms with Crippen molar-refractivity contribution in [2.75, 3.05) is 19.6 Å². The number of hydrogen-bond acceptors (Lipinski definition) is 4. The lowest BCUT2D eigenvalue weighted by molar-refractivity contribution is -0.128. The number of carbonyl (C=O) groups is 1. The Morgan fingerprint density at radius 1 is 1.67 bits per heavy atom. The molecule has 0 aliphatic carbocycles. The molecule has 5 heteroatoms. The first-order chi connectivity index (χ1) is 5.83. The minimum Gasteiger partial charge on any atom is -0.315 e. The third kappa shape index (κ3) is 3.17. The maximum atomic E-state index is 10.6. The second-order valence-corrected chi connectivity index (χ2v) is 2.96. The number of piperidine rings is 1. The number of rotatable bonds is 3. The van der Waals surface area contributed by atoms with Crippen LogP contribution in [0.4, 0.5) is 0 Å². The summed E-state index contributed by atoms with van der Waals surface area (Å²) in [6, 6.07) is 0.357. The Balaban J connectivity index is 2.09. The summed E-state index contributed by atoms with van der Waals surface area (Å²) in [5, 5.41) is 14.5. The number of nitrogens with one attached hydrogen (secondary N) is 3. The third-order valence-corrected chi connectivity index (χ3v) is 1.97. The van der Waals surface area contributed by atoms with E-state index in [1.54, 1.807) is 5.48 Å². The number of hydrogen-bond donors (Lipinski definition) is 4. The molecule has 1 aliphatic heterocycles. The van der Waals surface area contributed by atoms with E-state index in [0.717, 1.165) is 25.9 Å². The van der Waals surface area contributed by atoms with Crippen LogP contribution in [0.5, 0.6) is 0 Å². The van der Waals surface area contributed by atoms with Gasteiger partial charge >= 0.3 is 0 Å². The van der Waals surface area contributed by atoms with Crippen molar-refractivity contribution in [3.05, 3.63) is 0 Å². The molecule has 0 bridgehead atoms. The van der Waals surface area contributed by atoms with Gasteiger partial charge in [-0.05, 0) is 19.4 Å². The summed E-state index contributed by atoms with van der Waals surface area (Å²) in [6.45, 7) is 2.14. The van der Waals surface area contributed by atoms with Crippen molar-refractivity contribution in [3.8, 4) is 0 Å². The van der Waals surface area contributed by atoms with Crippen LogP contribution in [-0.2, 0) is 4.79 Å². The molecule has 0 aromatic heterocycles. The lowest BCUT2D eigenvalue weighted by atomic mass is 10.1. The predicted molar refractivity (Wildman–Crippen MR) is 43.8 cm³/mol. The Bertz CT molecular complexity index is 146. The first-order valence-electron chi connectivity index (χ1n) is 4.20. The van der Waals surface area contributed by atoms with E-state index in [1.165, 1.54) is 0 Å². The van der Waals surface area contributed by atoms with Crippen LogP contribution >= 0.6 is 0 Å². The maximum absolute atomic E-state index is 10.6. The van der Waals surface area contributed by atoms with Gasteiger partial charge in [-0.3, -0.25) is 10.0 Å². The van der Waals surface area contributed by atoms with Crippen molar-refractivity contribution < 1.29 is 10.0 Å². The summed E-state index contributed by atoms with van der Waals surface area (Å²) in [7, 11) is 0. The molecule has 1 aliphatic rings. The first-order valence-corrected chi connectivity index (χ1v) is 4.20. The summed E-state index contributed by atoms with van der Waals surface area (Å²) in [6.07, 6.45) is 2.23. The Morgan fingerprint density at radius 3 is 3.08 bits per heavy atom. The van der Waals surface area contributed by atoms with E-state index in [2.05, 4.69) is 10.6 Å². The van der Waals surface area contributed by atoms with E-state index in [1.807, 2.05) is 0 Å². The topological polar surface area (TPSA) is 73.4 Å². The van der Waals surface area contributed by atoms with E-state index in [4.69, 9.17) is 5.21 Å². The van der Waals surface area contributed by atoms with Crippen LogP contribution < -0.4 is 16.1 Å². The molecule has 1 saturated heterocycles. The monoisotopic (exact) mass is 173 g/mol. The van der Waals surface area contributed by atoms with Gasteiger partial charge in [0.1, 0.15) is 0 Å². The quantitative estimate of drug-likeness (QED) is 0.321. The van der Waals surface area contributed by atoms with Gasteiger partial charge in [0.05, 0.1) is 6.54 Å². The zero-order valence-electron chi connectivity index (χ0n) is 6.97. The fraction of sp³-hybridized carbons (Fsp3) is 0.857. The van der Waals surface area contributed by atoms with Crippen molar-refractivity contribution >= 4 is 5.91 Å². The van der Waals surface area contributed by atoms with Gasteiger partial charge in [0, 0.05) is 12.6 Å². The van der Waals surface area contributed by atoms with Crippen LogP contribution in [0.25, 0.3) is 0 Å². The molecule has 0 saturated carbocycles. The first kappa shape index (κ1) is 9.44. The Hall–Kier alpha value is -0.650. The molecular weight excluding hydrogens is 158 g/mol. The van der Waals surface area contributed by atoms with Gasteiger partial charge in [-0.25, -0.2) is 5.48 Å². The fourth-order valence-corrected chi connectivity index (χ4v) is 1.30. The molecule has 1 fully saturated rings. The van der Waals surface area contributed by atoms with Crippen LogP contribution in [0.2, 0.25) is 0 Å². The molecule has 5 nitrogen and oxygen atoms in total. The Morgan fingerprint density at radius 2 is 2.50 bits per heavy atom. The summed E-state index contributed by atoms with van der Waals surface area (Å²) >= 11 is 0. The van der Waals surface area contributed by atoms with Gasteiger partial charge in [0.25, 0.3) is 5.91 Å². The highest BCUT2D eigenvalue weighted by atomic mass is 16.5. The van der Waals surface area contributed by atoms with Crippen molar-refractivity contribution in [1.82, 2.24) is 16.1 Å². The molecule has 1 amide bonds. The lowest BCUT2D eigenvalue weighted by Gasteiger charge is -2.23. The average molecular weight is 173 g/mol. The number of amides is 1. The second-order valence-electron chi connectivity index (χ2n) is 2.96. The summed E-state index contributed by atoms with van der Waals surface area (Å²) in [5.74, 6) is -0.388. The molecule has 12 heavy (non-hydrogen) atoms. The number of hydroxylamine groups is 1. The minimum absolute atomic E-state index is 0.183. The number of carbonyl (C=O) groups excluding carboxylic acids is 1. The zero-order chi connectivity index (χ0) is 8.81. The molecule has 0 aromatic carbocycles. The largest absolute Gasteiger partial charge is 0.315 e. The van der Waals surface area contributed by atoms with Crippen LogP contribution in [0.1, 0.15) is 12.8 Å². The van der Waals surface area contributed by atoms with Gasteiger partial charge < -0.3 is 10.6 Å². The SMILES string of the molecule is O=C(CNC1CCCNC1)NO. The summed E-state index contributed by atoms with van der Waals surface area (Å²) in [5.41, 5.74) is 1.58. The fourth-order valence-electron chi connectivity index (χ4n) is 1.30. The smallest absolute Gasteiger partial charge is 0.257 e. The van der Waals surface area contributed by atoms with Crippen LogP contribution in [0.15, 0.2) is 0 Å². The van der Waals surface area contributed by atoms with Crippen molar-refractivity contribution in [2.24, 2.45) is 0 Å². The molecule has 0 aromatic rings. The predicted octanol–water partition coefficient (Wildman–Crippen LogP) is -1.17. The molecule has 1 atom stereocenters. The van der Waals surface area contributed by atoms with Gasteiger partial charge in [-0.15, -0.1) is 0 Å². The van der Waals surface area contributed by atoms with Gasteiger partial charge in [0.15, 0.2) is 0 Å². The van der Waals surface area contributed by atoms with E-state index < -0.39 is 0 Å². The Labute approximate surface area is 71.5 Å².